The van der Waals surface area contributed by atoms with E-state index < -0.39 is 0 Å². The summed E-state index contributed by atoms with van der Waals surface area (Å²) in [5.41, 5.74) is 7.04. The molecule has 2 aromatic heterocycles. The molecule has 1 aliphatic rings. The van der Waals surface area contributed by atoms with Crippen LogP contribution in [0.5, 0.6) is 0 Å². The fourth-order valence-corrected chi connectivity index (χ4v) is 4.39. The first-order chi connectivity index (χ1) is 14.0. The van der Waals surface area contributed by atoms with Crippen LogP contribution in [0.3, 0.4) is 0 Å². The van der Waals surface area contributed by atoms with Crippen molar-refractivity contribution in [1.29, 1.82) is 0 Å². The zero-order valence-corrected chi connectivity index (χ0v) is 17.8. The van der Waals surface area contributed by atoms with Crippen LogP contribution in [0.1, 0.15) is 34.9 Å². The highest BCUT2D eigenvalue weighted by Gasteiger charge is 2.24. The Balaban J connectivity index is 1.34. The third kappa shape index (κ3) is 4.17. The van der Waals surface area contributed by atoms with E-state index in [4.69, 9.17) is 4.98 Å². The number of hydrogen-bond donors (Lipinski definition) is 1. The van der Waals surface area contributed by atoms with Crippen molar-refractivity contribution in [2.45, 2.75) is 33.1 Å². The Morgan fingerprint density at radius 3 is 2.72 bits per heavy atom. The summed E-state index contributed by atoms with van der Waals surface area (Å²) in [7, 11) is 1.96. The van der Waals surface area contributed by atoms with Gasteiger partial charge >= 0.3 is 0 Å². The summed E-state index contributed by atoms with van der Waals surface area (Å²) in [5, 5.41) is 7.90. The van der Waals surface area contributed by atoms with Gasteiger partial charge in [-0.1, -0.05) is 24.3 Å². The van der Waals surface area contributed by atoms with Gasteiger partial charge in [0.2, 0.25) is 5.95 Å². The van der Waals surface area contributed by atoms with E-state index in [0.717, 1.165) is 48.8 Å². The van der Waals surface area contributed by atoms with Crippen LogP contribution in [0.4, 0.5) is 5.95 Å². The van der Waals surface area contributed by atoms with Crippen LogP contribution in [-0.4, -0.2) is 50.8 Å². The summed E-state index contributed by atoms with van der Waals surface area (Å²) in [6.45, 7) is 10.4. The van der Waals surface area contributed by atoms with Gasteiger partial charge in [0.05, 0.1) is 11.4 Å². The Kier molecular flexibility index (Phi) is 5.62. The van der Waals surface area contributed by atoms with Gasteiger partial charge in [0.25, 0.3) is 0 Å². The largest absolute Gasteiger partial charge is 0.353 e. The normalized spacial score (nSPS) is 17.0. The topological polar surface area (TPSA) is 58.9 Å². The number of hydrogen-bond acceptors (Lipinski definition) is 5. The van der Waals surface area contributed by atoms with Crippen LogP contribution in [-0.2, 0) is 7.05 Å². The predicted octanol–water partition coefficient (Wildman–Crippen LogP) is 3.70. The van der Waals surface area contributed by atoms with Crippen molar-refractivity contribution < 1.29 is 0 Å². The molecule has 6 nitrogen and oxygen atoms in total. The molecule has 0 saturated carbocycles. The maximum atomic E-state index is 4.72. The van der Waals surface area contributed by atoms with E-state index in [1.165, 1.54) is 17.5 Å². The summed E-state index contributed by atoms with van der Waals surface area (Å²) >= 11 is 0. The first kappa shape index (κ1) is 19.6. The van der Waals surface area contributed by atoms with E-state index in [1.807, 2.05) is 30.9 Å². The molecule has 4 rings (SSSR count). The number of aryl methyl sites for hydroxylation is 3. The fraction of sp³-hybridized carbons (Fsp3) is 0.435. The third-order valence-electron chi connectivity index (χ3n) is 6.03. The molecule has 3 heterocycles. The summed E-state index contributed by atoms with van der Waals surface area (Å²) in [4.78, 5) is 11.7. The summed E-state index contributed by atoms with van der Waals surface area (Å²) in [6, 6.07) is 10.7. The second kappa shape index (κ2) is 8.33. The van der Waals surface area contributed by atoms with Crippen molar-refractivity contribution in [1.82, 2.24) is 24.6 Å². The van der Waals surface area contributed by atoms with Crippen molar-refractivity contribution in [3.05, 3.63) is 59.0 Å². The van der Waals surface area contributed by atoms with Crippen LogP contribution < -0.4 is 5.32 Å². The van der Waals surface area contributed by atoms with Crippen molar-refractivity contribution in [3.63, 3.8) is 0 Å². The van der Waals surface area contributed by atoms with E-state index in [2.05, 4.69) is 58.4 Å². The lowest BCUT2D eigenvalue weighted by atomic mass is 9.94. The van der Waals surface area contributed by atoms with Gasteiger partial charge in [-0.2, -0.15) is 5.10 Å². The number of nitrogens with zero attached hydrogens (tertiary/aromatic N) is 5. The Labute approximate surface area is 173 Å². The lowest BCUT2D eigenvalue weighted by Crippen LogP contribution is -2.27. The molecule has 0 aliphatic carbocycles. The molecule has 0 unspecified atom stereocenters. The van der Waals surface area contributed by atoms with Crippen LogP contribution in [0.25, 0.3) is 11.3 Å². The molecular weight excluding hydrogens is 360 g/mol. The Morgan fingerprint density at radius 2 is 1.97 bits per heavy atom. The lowest BCUT2D eigenvalue weighted by Gasteiger charge is -2.17. The highest BCUT2D eigenvalue weighted by molar-refractivity contribution is 5.65. The minimum absolute atomic E-state index is 0.646. The maximum Gasteiger partial charge on any atom is 0.223 e. The molecular formula is C23H30N6. The molecule has 0 amide bonds. The minimum atomic E-state index is 0.646. The number of likely N-dealkylation sites (tertiary alicyclic amines) is 1. The quantitative estimate of drug-likeness (QED) is 0.695. The van der Waals surface area contributed by atoms with Gasteiger partial charge in [-0.05, 0) is 56.8 Å². The SMILES string of the molecule is Cc1ccccc1[C@@H]1CCN(CCNc2nccc(-c3c(C)nn(C)c3C)n2)C1. The standard InChI is InChI=1S/C23H30N6/c1-16-7-5-6-8-20(16)19-10-13-29(15-19)14-12-25-23-24-11-9-21(26-23)22-17(2)27-28(4)18(22)3/h5-9,11,19H,10,12-15H2,1-4H3,(H,24,25,26)/t19-/m1/s1. The molecule has 152 valence electrons. The number of rotatable bonds is 6. The third-order valence-corrected chi connectivity index (χ3v) is 6.03. The van der Waals surface area contributed by atoms with E-state index in [-0.39, 0.29) is 0 Å². The maximum absolute atomic E-state index is 4.72. The molecule has 29 heavy (non-hydrogen) atoms. The summed E-state index contributed by atoms with van der Waals surface area (Å²) in [6.07, 6.45) is 3.05. The van der Waals surface area contributed by atoms with Gasteiger partial charge in [-0.15, -0.1) is 0 Å². The van der Waals surface area contributed by atoms with Gasteiger partial charge in [0.1, 0.15) is 0 Å². The van der Waals surface area contributed by atoms with E-state index in [9.17, 15) is 0 Å². The van der Waals surface area contributed by atoms with E-state index in [1.54, 1.807) is 0 Å². The van der Waals surface area contributed by atoms with Gasteiger partial charge in [0.15, 0.2) is 0 Å². The zero-order valence-electron chi connectivity index (χ0n) is 17.8. The smallest absolute Gasteiger partial charge is 0.223 e. The predicted molar refractivity (Wildman–Crippen MR) is 117 cm³/mol. The van der Waals surface area contributed by atoms with Gasteiger partial charge < -0.3 is 10.2 Å². The molecule has 3 aromatic rings. The van der Waals surface area contributed by atoms with Crippen LogP contribution in [0.2, 0.25) is 0 Å². The van der Waals surface area contributed by atoms with Gasteiger partial charge in [-0.3, -0.25) is 4.68 Å². The van der Waals surface area contributed by atoms with Gasteiger partial charge in [0, 0.05) is 44.1 Å². The first-order valence-corrected chi connectivity index (χ1v) is 10.4. The van der Waals surface area contributed by atoms with Crippen LogP contribution in [0.15, 0.2) is 36.5 Å². The Bertz CT molecular complexity index is 993. The zero-order chi connectivity index (χ0) is 20.4. The summed E-state index contributed by atoms with van der Waals surface area (Å²) < 4.78 is 1.90. The molecule has 0 bridgehead atoms. The molecule has 1 aliphatic heterocycles. The Hall–Kier alpha value is -2.73. The lowest BCUT2D eigenvalue weighted by molar-refractivity contribution is 0.347. The molecule has 1 saturated heterocycles. The molecule has 6 heteroatoms. The van der Waals surface area contributed by atoms with Crippen LogP contribution in [0, 0.1) is 20.8 Å². The molecule has 1 N–H and O–H groups in total. The number of benzene rings is 1. The molecule has 1 fully saturated rings. The molecule has 0 radical (unpaired) electrons. The number of anilines is 1. The van der Waals surface area contributed by atoms with E-state index >= 15 is 0 Å². The van der Waals surface area contributed by atoms with Crippen LogP contribution >= 0.6 is 0 Å². The Morgan fingerprint density at radius 1 is 1.14 bits per heavy atom. The molecule has 1 atom stereocenters. The first-order valence-electron chi connectivity index (χ1n) is 10.4. The van der Waals surface area contributed by atoms with Crippen molar-refractivity contribution >= 4 is 5.95 Å². The highest BCUT2D eigenvalue weighted by Crippen LogP contribution is 2.29. The van der Waals surface area contributed by atoms with Crippen molar-refractivity contribution in [3.8, 4) is 11.3 Å². The fourth-order valence-electron chi connectivity index (χ4n) is 4.39. The van der Waals surface area contributed by atoms with Crippen molar-refractivity contribution in [2.75, 3.05) is 31.5 Å². The van der Waals surface area contributed by atoms with Crippen molar-refractivity contribution in [2.24, 2.45) is 7.05 Å². The molecule has 1 aromatic carbocycles. The number of nitrogens with one attached hydrogen (secondary N) is 1. The second-order valence-electron chi connectivity index (χ2n) is 8.00. The number of aromatic nitrogens is 4. The highest BCUT2D eigenvalue weighted by atomic mass is 15.3. The van der Waals surface area contributed by atoms with E-state index in [0.29, 0.717) is 11.9 Å². The van der Waals surface area contributed by atoms with Gasteiger partial charge in [-0.25, -0.2) is 9.97 Å². The summed E-state index contributed by atoms with van der Waals surface area (Å²) in [5.74, 6) is 1.33. The average molecular weight is 391 g/mol. The minimum Gasteiger partial charge on any atom is -0.353 e. The second-order valence-corrected chi connectivity index (χ2v) is 8.00. The monoisotopic (exact) mass is 390 g/mol. The average Bonchev–Trinajstić information content (AvgIpc) is 3.27. The molecule has 0 spiro atoms.